The number of thiophene rings is 1. The first kappa shape index (κ1) is 85.4. The highest BCUT2D eigenvalue weighted by molar-refractivity contribution is 7.25. The summed E-state index contributed by atoms with van der Waals surface area (Å²) in [6.07, 6.45) is 0. The Bertz CT molecular complexity index is 9940. The number of hydrogen-bond donors (Lipinski definition) is 0. The van der Waals surface area contributed by atoms with Crippen LogP contribution >= 0.6 is 11.3 Å². The third kappa shape index (κ3) is 13.2. The second kappa shape index (κ2) is 32.8. The van der Waals surface area contributed by atoms with Crippen LogP contribution in [0.15, 0.2) is 453 Å². The number of furan rings is 1. The van der Waals surface area contributed by atoms with Gasteiger partial charge < -0.3 is 22.7 Å². The van der Waals surface area contributed by atoms with Crippen LogP contribution in [0.2, 0.25) is 0 Å². The molecule has 9 heterocycles. The van der Waals surface area contributed by atoms with E-state index in [4.69, 9.17) is 34.3 Å². The predicted molar refractivity (Wildman–Crippen MR) is 609 cm³/mol. The largest absolute Gasteiger partial charge is 0.456 e. The van der Waals surface area contributed by atoms with E-state index in [1.54, 1.807) is 0 Å². The van der Waals surface area contributed by atoms with Crippen LogP contribution in [0.3, 0.4) is 0 Å². The van der Waals surface area contributed by atoms with E-state index in [-0.39, 0.29) is 16.2 Å². The fraction of sp³-hybridized carbons (Fsp3) is 0.0667. The average molecular weight is 1900 g/mol. The summed E-state index contributed by atoms with van der Waals surface area (Å²) in [7, 11) is 0. The first-order chi connectivity index (χ1) is 72.2. The SMILES string of the molecule is CC1(C)c2ccccc2-c2c(-c3ccccc3)nc(-c3ccc(-n4c5ccccc5c5cc6c(cc54)oc4ccccc46)cc3)nc21.CC1(C)c2ccccc2-c2c(-c3ccccc3)nc(-c3ccc(-n4c5ccccc5c5cc6c(cc54)sc4ccccc46)cc3)nc21.CC1(C)c2ccccc2-c2c(-c3ccccc3)nc(-c3ccc(-n4c5ccccc5c5cc6c7ccccc7n(-c7ccccc7)c6cc54)cc3)nc21. The standard InChI is InChI=1S/C49H34N4.C43H29N3O.C43H29N3S/c1-49(2)40-22-12-9-21-37(40)45-46(31-15-5-3-6-16-31)50-48(51-47(45)49)32-25-27-34(28-26-32)53-42-24-14-11-20-36(42)39-29-38-35-19-10-13-23-41(35)52(43(38)30-44(39)53)33-17-7-4-8-18-33;2*1-43(2)34-17-9-6-16-31(34)39-40(26-12-4-3-5-13-26)44-42(45-41(39)43)27-20-22-28(23-21-27)46-35-18-10-7-14-29(35)32-24-33-30-15-8-11-19-37(30)47-38(33)25-36(32)46/h3-30H,1-2H3;2*3-25H,1-2H3. The van der Waals surface area contributed by atoms with Gasteiger partial charge in [-0.2, -0.15) is 0 Å². The van der Waals surface area contributed by atoms with Crippen LogP contribution in [0.5, 0.6) is 0 Å². The molecule has 0 unspecified atom stereocenters. The molecule has 0 fully saturated rings. The van der Waals surface area contributed by atoms with Crippen LogP contribution < -0.4 is 0 Å². The molecule has 3 aliphatic rings. The molecule has 11 nitrogen and oxygen atoms in total. The third-order valence-electron chi connectivity index (χ3n) is 31.2. The molecule has 0 bridgehead atoms. The van der Waals surface area contributed by atoms with Crippen molar-refractivity contribution in [3.63, 3.8) is 0 Å². The maximum atomic E-state index is 6.32. The van der Waals surface area contributed by atoms with E-state index < -0.39 is 0 Å². The van der Waals surface area contributed by atoms with Crippen molar-refractivity contribution in [1.29, 1.82) is 0 Å². The lowest BCUT2D eigenvalue weighted by Crippen LogP contribution is -2.17. The Morgan fingerprint density at radius 2 is 0.490 bits per heavy atom. The van der Waals surface area contributed by atoms with Crippen LogP contribution in [0.4, 0.5) is 0 Å². The Balaban J connectivity index is 0.000000104. The lowest BCUT2D eigenvalue weighted by Gasteiger charge is -2.21. The van der Waals surface area contributed by atoms with Gasteiger partial charge in [-0.25, -0.2) is 29.9 Å². The molecule has 0 aliphatic heterocycles. The molecule has 694 valence electrons. The van der Waals surface area contributed by atoms with Gasteiger partial charge >= 0.3 is 0 Å². The smallest absolute Gasteiger partial charge is 0.160 e. The molecule has 19 aromatic carbocycles. The van der Waals surface area contributed by atoms with E-state index in [0.29, 0.717) is 0 Å². The fourth-order valence-corrected chi connectivity index (χ4v) is 25.3. The van der Waals surface area contributed by atoms with Crippen molar-refractivity contribution in [1.82, 2.24) is 48.2 Å². The number of fused-ring (bicyclic) bond motifs is 27. The van der Waals surface area contributed by atoms with Crippen molar-refractivity contribution in [3.05, 3.63) is 483 Å². The Kier molecular flexibility index (Phi) is 19.1. The Morgan fingerprint density at radius 3 is 0.878 bits per heavy atom. The molecule has 0 N–H and O–H groups in total. The Hall–Kier alpha value is -18.4. The zero-order chi connectivity index (χ0) is 97.8. The summed E-state index contributed by atoms with van der Waals surface area (Å²) >= 11 is 1.86. The Morgan fingerprint density at radius 1 is 0.197 bits per heavy atom. The number of para-hydroxylation sites is 6. The molecule has 0 saturated carbocycles. The minimum absolute atomic E-state index is 0.228. The third-order valence-corrected chi connectivity index (χ3v) is 32.4. The van der Waals surface area contributed by atoms with Crippen molar-refractivity contribution >= 4 is 141 Å². The number of aromatic nitrogens is 10. The van der Waals surface area contributed by atoms with Crippen LogP contribution in [0, 0.1) is 0 Å². The van der Waals surface area contributed by atoms with Gasteiger partial charge in [0.2, 0.25) is 0 Å². The molecule has 12 heteroatoms. The second-order valence-electron chi connectivity index (χ2n) is 40.7. The maximum absolute atomic E-state index is 6.32. The average Bonchev–Trinajstić information content (AvgIpc) is 1.57. The molecular formula is C135H92N10OS. The van der Waals surface area contributed by atoms with Gasteiger partial charge in [-0.3, -0.25) is 0 Å². The molecule has 3 aliphatic carbocycles. The summed E-state index contributed by atoms with van der Waals surface area (Å²) in [4.78, 5) is 31.8. The highest BCUT2D eigenvalue weighted by Crippen LogP contribution is 2.57. The van der Waals surface area contributed by atoms with Crippen molar-refractivity contribution in [3.8, 4) is 124 Å². The quantitative estimate of drug-likeness (QED) is 0.134. The van der Waals surface area contributed by atoms with E-state index >= 15 is 0 Å². The van der Waals surface area contributed by atoms with E-state index in [9.17, 15) is 0 Å². The van der Waals surface area contributed by atoms with E-state index in [2.05, 4.69) is 497 Å². The zero-order valence-electron chi connectivity index (χ0n) is 81.5. The van der Waals surface area contributed by atoms with Gasteiger partial charge in [0.15, 0.2) is 17.5 Å². The van der Waals surface area contributed by atoms with Crippen molar-refractivity contribution in [2.24, 2.45) is 0 Å². The van der Waals surface area contributed by atoms with E-state index in [1.165, 1.54) is 130 Å². The molecule has 0 spiro atoms. The van der Waals surface area contributed by atoms with Gasteiger partial charge in [0.1, 0.15) is 11.2 Å². The number of rotatable bonds is 10. The van der Waals surface area contributed by atoms with Gasteiger partial charge in [-0.1, -0.05) is 333 Å². The van der Waals surface area contributed by atoms with Gasteiger partial charge in [0.05, 0.1) is 78.3 Å². The summed E-state index contributed by atoms with van der Waals surface area (Å²) in [5.74, 6) is 2.23. The topological polar surface area (TPSA) is 110 Å². The summed E-state index contributed by atoms with van der Waals surface area (Å²) in [6.45, 7) is 13.7. The molecule has 31 rings (SSSR count). The molecule has 147 heavy (non-hydrogen) atoms. The van der Waals surface area contributed by atoms with Crippen LogP contribution in [-0.2, 0) is 16.2 Å². The van der Waals surface area contributed by atoms with Crippen molar-refractivity contribution in [2.75, 3.05) is 0 Å². The predicted octanol–water partition coefficient (Wildman–Crippen LogP) is 35.0. The number of hydrogen-bond acceptors (Lipinski definition) is 8. The molecule has 0 amide bonds. The van der Waals surface area contributed by atoms with Gasteiger partial charge in [-0.15, -0.1) is 11.3 Å². The summed E-state index contributed by atoms with van der Waals surface area (Å²) in [6, 6.07) is 160. The molecular weight excluding hydrogens is 1810 g/mol. The van der Waals surface area contributed by atoms with Gasteiger partial charge in [0.25, 0.3) is 0 Å². The highest BCUT2D eigenvalue weighted by atomic mass is 32.1. The lowest BCUT2D eigenvalue weighted by molar-refractivity contribution is 0.636. The first-order valence-corrected chi connectivity index (χ1v) is 51.3. The molecule has 28 aromatic rings. The zero-order valence-corrected chi connectivity index (χ0v) is 82.3. The summed E-state index contributed by atoms with van der Waals surface area (Å²) in [5, 5.41) is 14.9. The first-order valence-electron chi connectivity index (χ1n) is 50.5. The van der Waals surface area contributed by atoms with Crippen LogP contribution in [-0.4, -0.2) is 48.2 Å². The number of nitrogens with zero attached hydrogens (tertiary/aromatic N) is 10. The monoisotopic (exact) mass is 1900 g/mol. The van der Waals surface area contributed by atoms with Crippen molar-refractivity contribution in [2.45, 2.75) is 57.8 Å². The van der Waals surface area contributed by atoms with Gasteiger partial charge in [0, 0.05) is 169 Å². The molecule has 9 aromatic heterocycles. The highest BCUT2D eigenvalue weighted by Gasteiger charge is 2.43. The number of benzene rings is 19. The van der Waals surface area contributed by atoms with Gasteiger partial charge in [-0.05, 0) is 185 Å². The maximum Gasteiger partial charge on any atom is 0.160 e. The fourth-order valence-electron chi connectivity index (χ4n) is 24.2. The second-order valence-corrected chi connectivity index (χ2v) is 41.8. The Labute approximate surface area is 851 Å². The molecule has 0 radical (unpaired) electrons. The minimum atomic E-state index is -0.246. The van der Waals surface area contributed by atoms with E-state index in [1.807, 2.05) is 23.5 Å². The van der Waals surface area contributed by atoms with E-state index in [0.717, 1.165) is 157 Å². The summed E-state index contributed by atoms with van der Waals surface area (Å²) < 4.78 is 18.5. The molecule has 0 saturated heterocycles. The van der Waals surface area contributed by atoms with Crippen LogP contribution in [0.1, 0.15) is 75.3 Å². The molecule has 0 atom stereocenters. The normalized spacial score (nSPS) is 13.4. The lowest BCUT2D eigenvalue weighted by atomic mass is 9.85. The summed E-state index contributed by atoms with van der Waals surface area (Å²) in [5.41, 5.74) is 38.4. The van der Waals surface area contributed by atoms with Crippen molar-refractivity contribution < 1.29 is 4.42 Å². The minimum Gasteiger partial charge on any atom is -0.456 e. The van der Waals surface area contributed by atoms with Crippen LogP contribution in [0.25, 0.3) is 253 Å².